The van der Waals surface area contributed by atoms with Crippen LogP contribution in [0.1, 0.15) is 19.3 Å². The van der Waals surface area contributed by atoms with Gasteiger partial charge in [-0.15, -0.1) is 0 Å². The highest BCUT2D eigenvalue weighted by Crippen LogP contribution is 2.13. The van der Waals surface area contributed by atoms with E-state index < -0.39 is 0 Å². The molecule has 0 radical (unpaired) electrons. The highest BCUT2D eigenvalue weighted by Gasteiger charge is 2.11. The maximum absolute atomic E-state index is 11.6. The van der Waals surface area contributed by atoms with E-state index in [9.17, 15) is 4.39 Å². The summed E-state index contributed by atoms with van der Waals surface area (Å²) in [7, 11) is 0. The molecule has 1 fully saturated rings. The molecule has 1 N–H and O–H groups in total. The number of halogens is 1. The molecule has 1 aliphatic heterocycles. The van der Waals surface area contributed by atoms with Crippen LogP contribution in [0.15, 0.2) is 0 Å². The van der Waals surface area contributed by atoms with E-state index in [1.54, 1.807) is 0 Å². The van der Waals surface area contributed by atoms with E-state index in [4.69, 9.17) is 4.74 Å². The molecule has 0 bridgehead atoms. The van der Waals surface area contributed by atoms with Crippen molar-refractivity contribution in [2.24, 2.45) is 5.92 Å². The Labute approximate surface area is 73.5 Å². The summed E-state index contributed by atoms with van der Waals surface area (Å²) in [6.07, 6.45) is 3.65. The second-order valence-corrected chi connectivity index (χ2v) is 3.30. The molecular weight excluding hydrogens is 157 g/mol. The zero-order valence-electron chi connectivity index (χ0n) is 7.52. The molecule has 12 heavy (non-hydrogen) atoms. The predicted molar refractivity (Wildman–Crippen MR) is 47.0 cm³/mol. The monoisotopic (exact) mass is 175 g/mol. The second-order valence-electron chi connectivity index (χ2n) is 3.30. The summed E-state index contributed by atoms with van der Waals surface area (Å²) in [5.74, 6) is 0.748. The minimum Gasteiger partial charge on any atom is -0.379 e. The van der Waals surface area contributed by atoms with Crippen molar-refractivity contribution in [3.63, 3.8) is 0 Å². The number of alkyl halides is 1. The smallest absolute Gasteiger partial charge is 0.113 e. The minimum atomic E-state index is -0.358. The first-order valence-corrected chi connectivity index (χ1v) is 4.78. The van der Waals surface area contributed by atoms with Crippen LogP contribution in [0, 0.1) is 5.92 Å². The molecule has 0 saturated carbocycles. The molecule has 1 aliphatic rings. The lowest BCUT2D eigenvalue weighted by Crippen LogP contribution is -2.30. The molecule has 1 rings (SSSR count). The van der Waals surface area contributed by atoms with Crippen molar-refractivity contribution in [1.29, 1.82) is 0 Å². The number of rotatable bonds is 5. The molecule has 1 unspecified atom stereocenters. The summed E-state index contributed by atoms with van der Waals surface area (Å²) in [6.45, 7) is 2.89. The number of hydrogen-bond acceptors (Lipinski definition) is 2. The van der Waals surface area contributed by atoms with Gasteiger partial charge in [-0.25, -0.2) is 4.39 Å². The highest BCUT2D eigenvalue weighted by molar-refractivity contribution is 4.68. The Bertz CT molecular complexity index is 105. The van der Waals surface area contributed by atoms with E-state index in [-0.39, 0.29) is 13.3 Å². The third kappa shape index (κ3) is 4.02. The molecular formula is C9H18FNO. The molecule has 0 amide bonds. The zero-order chi connectivity index (χ0) is 8.65. The van der Waals surface area contributed by atoms with Crippen LogP contribution in [0.3, 0.4) is 0 Å². The van der Waals surface area contributed by atoms with E-state index >= 15 is 0 Å². The molecule has 0 aliphatic carbocycles. The number of piperidine rings is 1. The molecule has 1 heterocycles. The van der Waals surface area contributed by atoms with Crippen LogP contribution >= 0.6 is 0 Å². The van der Waals surface area contributed by atoms with Gasteiger partial charge < -0.3 is 10.1 Å². The van der Waals surface area contributed by atoms with Crippen molar-refractivity contribution in [3.05, 3.63) is 0 Å². The van der Waals surface area contributed by atoms with Crippen LogP contribution in [0.4, 0.5) is 4.39 Å². The SMILES string of the molecule is FCCOCCC1CCCNC1. The molecule has 1 atom stereocenters. The molecule has 72 valence electrons. The summed E-state index contributed by atoms with van der Waals surface area (Å²) in [6, 6.07) is 0. The average molecular weight is 175 g/mol. The van der Waals surface area contributed by atoms with Gasteiger partial charge in [-0.3, -0.25) is 0 Å². The van der Waals surface area contributed by atoms with E-state index in [1.807, 2.05) is 0 Å². The fraction of sp³-hybridized carbons (Fsp3) is 1.00. The van der Waals surface area contributed by atoms with E-state index in [1.165, 1.54) is 12.8 Å². The summed E-state index contributed by atoms with van der Waals surface area (Å²) >= 11 is 0. The Hall–Kier alpha value is -0.150. The van der Waals surface area contributed by atoms with Crippen molar-refractivity contribution >= 4 is 0 Å². The van der Waals surface area contributed by atoms with Gasteiger partial charge in [0.15, 0.2) is 0 Å². The van der Waals surface area contributed by atoms with Gasteiger partial charge >= 0.3 is 0 Å². The van der Waals surface area contributed by atoms with Crippen LogP contribution in [0.25, 0.3) is 0 Å². The number of hydrogen-bond donors (Lipinski definition) is 1. The summed E-state index contributed by atoms with van der Waals surface area (Å²) in [4.78, 5) is 0. The Balaban J connectivity index is 1.91. The Morgan fingerprint density at radius 3 is 3.00 bits per heavy atom. The Morgan fingerprint density at radius 2 is 2.33 bits per heavy atom. The number of ether oxygens (including phenoxy) is 1. The van der Waals surface area contributed by atoms with Crippen LogP contribution in [-0.4, -0.2) is 33.0 Å². The molecule has 0 aromatic rings. The predicted octanol–water partition coefficient (Wildman–Crippen LogP) is 1.36. The third-order valence-corrected chi connectivity index (χ3v) is 2.29. The van der Waals surface area contributed by atoms with Crippen molar-refractivity contribution in [2.75, 3.05) is 33.0 Å². The molecule has 1 saturated heterocycles. The minimum absolute atomic E-state index is 0.264. The lowest BCUT2D eigenvalue weighted by atomic mass is 9.97. The summed E-state index contributed by atoms with van der Waals surface area (Å²) in [5.41, 5.74) is 0. The standard InChI is InChI=1S/C9H18FNO/c10-4-7-12-6-3-9-2-1-5-11-8-9/h9,11H,1-8H2. The van der Waals surface area contributed by atoms with Gasteiger partial charge in [-0.05, 0) is 38.3 Å². The third-order valence-electron chi connectivity index (χ3n) is 2.29. The lowest BCUT2D eigenvalue weighted by molar-refractivity contribution is 0.103. The fourth-order valence-electron chi connectivity index (χ4n) is 1.58. The van der Waals surface area contributed by atoms with Crippen molar-refractivity contribution in [3.8, 4) is 0 Å². The Morgan fingerprint density at radius 1 is 1.42 bits per heavy atom. The zero-order valence-corrected chi connectivity index (χ0v) is 7.52. The van der Waals surface area contributed by atoms with Gasteiger partial charge in [0, 0.05) is 6.61 Å². The lowest BCUT2D eigenvalue weighted by Gasteiger charge is -2.22. The fourth-order valence-corrected chi connectivity index (χ4v) is 1.58. The van der Waals surface area contributed by atoms with Gasteiger partial charge in [0.2, 0.25) is 0 Å². The molecule has 0 aromatic carbocycles. The van der Waals surface area contributed by atoms with E-state index in [2.05, 4.69) is 5.32 Å². The van der Waals surface area contributed by atoms with Crippen LogP contribution < -0.4 is 5.32 Å². The van der Waals surface area contributed by atoms with E-state index in [0.717, 1.165) is 32.0 Å². The van der Waals surface area contributed by atoms with Gasteiger partial charge in [0.25, 0.3) is 0 Å². The van der Waals surface area contributed by atoms with Crippen LogP contribution in [0.5, 0.6) is 0 Å². The largest absolute Gasteiger partial charge is 0.379 e. The molecule has 0 spiro atoms. The first-order valence-electron chi connectivity index (χ1n) is 4.78. The van der Waals surface area contributed by atoms with Crippen LogP contribution in [0.2, 0.25) is 0 Å². The maximum atomic E-state index is 11.6. The highest BCUT2D eigenvalue weighted by atomic mass is 19.1. The maximum Gasteiger partial charge on any atom is 0.113 e. The number of nitrogens with one attached hydrogen (secondary N) is 1. The van der Waals surface area contributed by atoms with E-state index in [0.29, 0.717) is 0 Å². The van der Waals surface area contributed by atoms with Gasteiger partial charge in [0.1, 0.15) is 6.67 Å². The van der Waals surface area contributed by atoms with Crippen molar-refractivity contribution in [1.82, 2.24) is 5.32 Å². The topological polar surface area (TPSA) is 21.3 Å². The quantitative estimate of drug-likeness (QED) is 0.637. The normalized spacial score (nSPS) is 24.2. The van der Waals surface area contributed by atoms with Crippen molar-refractivity contribution in [2.45, 2.75) is 19.3 Å². The van der Waals surface area contributed by atoms with Gasteiger partial charge in [0.05, 0.1) is 6.61 Å². The molecule has 2 nitrogen and oxygen atoms in total. The summed E-state index contributed by atoms with van der Waals surface area (Å²) in [5, 5.41) is 3.35. The Kier molecular flexibility index (Phi) is 5.28. The summed E-state index contributed by atoms with van der Waals surface area (Å²) < 4.78 is 16.7. The van der Waals surface area contributed by atoms with Crippen LogP contribution in [-0.2, 0) is 4.74 Å². The van der Waals surface area contributed by atoms with Gasteiger partial charge in [-0.2, -0.15) is 0 Å². The first-order chi connectivity index (χ1) is 5.93. The average Bonchev–Trinajstić information content (AvgIpc) is 2.14. The first kappa shape index (κ1) is 9.93. The van der Waals surface area contributed by atoms with Gasteiger partial charge in [-0.1, -0.05) is 0 Å². The molecule has 0 aromatic heterocycles. The second kappa shape index (κ2) is 6.38. The van der Waals surface area contributed by atoms with Crippen molar-refractivity contribution < 1.29 is 9.13 Å². The molecule has 3 heteroatoms.